The van der Waals surface area contributed by atoms with E-state index < -0.39 is 6.04 Å². The van der Waals surface area contributed by atoms with Crippen LogP contribution in [0.25, 0.3) is 0 Å². The van der Waals surface area contributed by atoms with E-state index in [1.165, 1.54) is 7.11 Å². The second-order valence-electron chi connectivity index (χ2n) is 7.27. The van der Waals surface area contributed by atoms with Crippen LogP contribution in [-0.2, 0) is 0 Å². The Kier molecular flexibility index (Phi) is 7.31. The second-order valence-corrected chi connectivity index (χ2v) is 7.67. The summed E-state index contributed by atoms with van der Waals surface area (Å²) in [5.41, 5.74) is 2.05. The minimum Gasteiger partial charge on any atom is -0.493 e. The van der Waals surface area contributed by atoms with E-state index in [-0.39, 0.29) is 5.91 Å². The van der Waals surface area contributed by atoms with Gasteiger partial charge in [0.15, 0.2) is 11.5 Å². The largest absolute Gasteiger partial charge is 0.493 e. The van der Waals surface area contributed by atoms with Crippen molar-refractivity contribution >= 4 is 17.5 Å². The molecule has 6 heteroatoms. The van der Waals surface area contributed by atoms with E-state index in [2.05, 4.69) is 10.3 Å². The molecule has 0 fully saturated rings. The first-order chi connectivity index (χ1) is 14.5. The monoisotopic (exact) mass is 424 g/mol. The second kappa shape index (κ2) is 10.1. The molecule has 0 radical (unpaired) electrons. The van der Waals surface area contributed by atoms with Crippen molar-refractivity contribution in [2.24, 2.45) is 5.92 Å². The van der Waals surface area contributed by atoms with Crippen LogP contribution in [0.3, 0.4) is 0 Å². The zero-order valence-corrected chi connectivity index (χ0v) is 18.0. The maximum atomic E-state index is 13.1. The molecule has 0 saturated heterocycles. The molecule has 1 unspecified atom stereocenters. The van der Waals surface area contributed by atoms with Gasteiger partial charge in [0.1, 0.15) is 0 Å². The summed E-state index contributed by atoms with van der Waals surface area (Å²) in [5, 5.41) is 3.39. The van der Waals surface area contributed by atoms with Gasteiger partial charge in [0.2, 0.25) is 0 Å². The standard InChI is InChI=1S/C24H25ClN2O3/c1-16(2)15-30-23-19(25)13-18(14-21(23)29-3)24(28)27-22(17-9-5-4-6-10-17)20-11-7-8-12-26-20/h4-14,16,22H,15H2,1-3H3,(H,27,28). The Morgan fingerprint density at radius 3 is 2.47 bits per heavy atom. The van der Waals surface area contributed by atoms with Crippen molar-refractivity contribution < 1.29 is 14.3 Å². The molecule has 1 heterocycles. The Hall–Kier alpha value is -3.05. The van der Waals surface area contributed by atoms with Gasteiger partial charge >= 0.3 is 0 Å². The van der Waals surface area contributed by atoms with E-state index in [4.69, 9.17) is 21.1 Å². The first-order valence-electron chi connectivity index (χ1n) is 9.76. The third-order valence-electron chi connectivity index (χ3n) is 4.44. The normalized spacial score (nSPS) is 11.8. The van der Waals surface area contributed by atoms with Gasteiger partial charge in [0.25, 0.3) is 5.91 Å². The number of halogens is 1. The summed E-state index contributed by atoms with van der Waals surface area (Å²) in [6.07, 6.45) is 1.71. The molecular formula is C24H25ClN2O3. The third-order valence-corrected chi connectivity index (χ3v) is 4.73. The van der Waals surface area contributed by atoms with E-state index in [1.54, 1.807) is 18.3 Å². The number of amides is 1. The smallest absolute Gasteiger partial charge is 0.252 e. The van der Waals surface area contributed by atoms with Gasteiger partial charge in [-0.15, -0.1) is 0 Å². The molecule has 156 valence electrons. The molecule has 0 spiro atoms. The first kappa shape index (κ1) is 21.7. The molecule has 30 heavy (non-hydrogen) atoms. The van der Waals surface area contributed by atoms with Crippen LogP contribution in [0.1, 0.15) is 41.5 Å². The molecule has 1 atom stereocenters. The minimum absolute atomic E-state index is 0.287. The summed E-state index contributed by atoms with van der Waals surface area (Å²) >= 11 is 6.41. The Bertz CT molecular complexity index is 939. The topological polar surface area (TPSA) is 60.5 Å². The summed E-state index contributed by atoms with van der Waals surface area (Å²) < 4.78 is 11.2. The summed E-state index contributed by atoms with van der Waals surface area (Å²) in [5.74, 6) is 0.903. The number of rotatable bonds is 8. The maximum Gasteiger partial charge on any atom is 0.252 e. The number of ether oxygens (including phenoxy) is 2. The van der Waals surface area contributed by atoms with Gasteiger partial charge in [-0.1, -0.05) is 61.8 Å². The van der Waals surface area contributed by atoms with Crippen LogP contribution in [0.2, 0.25) is 5.02 Å². The number of nitrogens with one attached hydrogen (secondary N) is 1. The fourth-order valence-corrected chi connectivity index (χ4v) is 3.24. The number of benzene rings is 2. The van der Waals surface area contributed by atoms with Crippen molar-refractivity contribution in [3.8, 4) is 11.5 Å². The number of carbonyl (C=O) groups excluding carboxylic acids is 1. The Labute approximate surface area is 182 Å². The van der Waals surface area contributed by atoms with E-state index in [1.807, 2.05) is 62.4 Å². The third kappa shape index (κ3) is 5.30. The maximum absolute atomic E-state index is 13.1. The number of hydrogen-bond acceptors (Lipinski definition) is 4. The van der Waals surface area contributed by atoms with Crippen molar-refractivity contribution in [2.45, 2.75) is 19.9 Å². The van der Waals surface area contributed by atoms with Crippen LogP contribution in [0.15, 0.2) is 66.9 Å². The lowest BCUT2D eigenvalue weighted by Crippen LogP contribution is -2.30. The van der Waals surface area contributed by atoms with Crippen molar-refractivity contribution in [2.75, 3.05) is 13.7 Å². The van der Waals surface area contributed by atoms with E-state index in [0.717, 1.165) is 11.3 Å². The fraction of sp³-hybridized carbons (Fsp3) is 0.250. The van der Waals surface area contributed by atoms with E-state index in [9.17, 15) is 4.79 Å². The van der Waals surface area contributed by atoms with Gasteiger partial charge in [-0.3, -0.25) is 9.78 Å². The van der Waals surface area contributed by atoms with Gasteiger partial charge in [-0.25, -0.2) is 0 Å². The zero-order valence-electron chi connectivity index (χ0n) is 17.3. The van der Waals surface area contributed by atoms with Crippen LogP contribution in [0.5, 0.6) is 11.5 Å². The lowest BCUT2D eigenvalue weighted by molar-refractivity contribution is 0.0942. The molecule has 0 bridgehead atoms. The molecule has 1 amide bonds. The summed E-state index contributed by atoms with van der Waals surface area (Å²) in [6.45, 7) is 4.59. The zero-order chi connectivity index (χ0) is 21.5. The molecule has 3 rings (SSSR count). The summed E-state index contributed by atoms with van der Waals surface area (Å²) in [6, 6.07) is 18.1. The van der Waals surface area contributed by atoms with Crippen LogP contribution >= 0.6 is 11.6 Å². The molecule has 2 aromatic carbocycles. The number of nitrogens with zero attached hydrogens (tertiary/aromatic N) is 1. The highest BCUT2D eigenvalue weighted by Crippen LogP contribution is 2.37. The fourth-order valence-electron chi connectivity index (χ4n) is 2.98. The van der Waals surface area contributed by atoms with Crippen molar-refractivity contribution in [3.63, 3.8) is 0 Å². The predicted molar refractivity (Wildman–Crippen MR) is 118 cm³/mol. The van der Waals surface area contributed by atoms with Crippen LogP contribution < -0.4 is 14.8 Å². The lowest BCUT2D eigenvalue weighted by Gasteiger charge is -2.20. The molecule has 5 nitrogen and oxygen atoms in total. The molecule has 0 aliphatic carbocycles. The number of methoxy groups -OCH3 is 1. The molecule has 0 saturated carbocycles. The molecular weight excluding hydrogens is 400 g/mol. The average molecular weight is 425 g/mol. The Balaban J connectivity index is 1.90. The van der Waals surface area contributed by atoms with Crippen LogP contribution in [0.4, 0.5) is 0 Å². The van der Waals surface area contributed by atoms with Gasteiger partial charge < -0.3 is 14.8 Å². The van der Waals surface area contributed by atoms with E-state index in [0.29, 0.717) is 34.6 Å². The number of hydrogen-bond donors (Lipinski definition) is 1. The average Bonchev–Trinajstić information content (AvgIpc) is 2.77. The number of pyridine rings is 1. The number of aromatic nitrogens is 1. The molecule has 3 aromatic rings. The minimum atomic E-state index is -0.401. The highest BCUT2D eigenvalue weighted by molar-refractivity contribution is 6.32. The van der Waals surface area contributed by atoms with Crippen LogP contribution in [-0.4, -0.2) is 24.6 Å². The summed E-state index contributed by atoms with van der Waals surface area (Å²) in [4.78, 5) is 17.5. The molecule has 1 N–H and O–H groups in total. The van der Waals surface area contributed by atoms with Gasteiger partial charge in [0, 0.05) is 11.8 Å². The molecule has 0 aliphatic heterocycles. The highest BCUT2D eigenvalue weighted by Gasteiger charge is 2.21. The first-order valence-corrected chi connectivity index (χ1v) is 10.1. The highest BCUT2D eigenvalue weighted by atomic mass is 35.5. The SMILES string of the molecule is COc1cc(C(=O)NC(c2ccccc2)c2ccccn2)cc(Cl)c1OCC(C)C. The Morgan fingerprint density at radius 1 is 1.10 bits per heavy atom. The van der Waals surface area contributed by atoms with Crippen LogP contribution in [0, 0.1) is 5.92 Å². The molecule has 0 aliphatic rings. The lowest BCUT2D eigenvalue weighted by atomic mass is 10.0. The quantitative estimate of drug-likeness (QED) is 0.533. The van der Waals surface area contributed by atoms with Gasteiger partial charge in [-0.2, -0.15) is 0 Å². The predicted octanol–water partition coefficient (Wildman–Crippen LogP) is 5.30. The van der Waals surface area contributed by atoms with Crippen molar-refractivity contribution in [1.29, 1.82) is 0 Å². The molecule has 1 aromatic heterocycles. The van der Waals surface area contributed by atoms with Gasteiger partial charge in [0.05, 0.1) is 30.5 Å². The van der Waals surface area contributed by atoms with Crippen molar-refractivity contribution in [1.82, 2.24) is 10.3 Å². The van der Waals surface area contributed by atoms with Gasteiger partial charge in [-0.05, 0) is 35.7 Å². The van der Waals surface area contributed by atoms with E-state index >= 15 is 0 Å². The summed E-state index contributed by atoms with van der Waals surface area (Å²) in [7, 11) is 1.52. The number of carbonyl (C=O) groups is 1. The van der Waals surface area contributed by atoms with Crippen molar-refractivity contribution in [3.05, 3.63) is 88.7 Å². The Morgan fingerprint density at radius 2 is 1.83 bits per heavy atom.